The van der Waals surface area contributed by atoms with Gasteiger partial charge in [0.15, 0.2) is 11.5 Å². The summed E-state index contributed by atoms with van der Waals surface area (Å²) in [7, 11) is 1.79. The Bertz CT molecular complexity index is 325. The minimum Gasteiger partial charge on any atom is -0.509 e. The van der Waals surface area contributed by atoms with Gasteiger partial charge < -0.3 is 20.4 Å². The summed E-state index contributed by atoms with van der Waals surface area (Å²) in [4.78, 5) is 0. The van der Waals surface area contributed by atoms with Gasteiger partial charge in [0.25, 0.3) is 0 Å². The highest BCUT2D eigenvalue weighted by Crippen LogP contribution is 2.21. The molecule has 0 heterocycles. The second-order valence-electron chi connectivity index (χ2n) is 3.32. The van der Waals surface area contributed by atoms with Crippen LogP contribution < -0.4 is 0 Å². The van der Waals surface area contributed by atoms with Crippen molar-refractivity contribution in [1.82, 2.24) is 0 Å². The maximum absolute atomic E-state index is 9.53. The number of hydrogen-bond donors (Lipinski definition) is 4. The first kappa shape index (κ1) is 14.1. The molecule has 84 valence electrons. The molecule has 1 atom stereocenters. The van der Waals surface area contributed by atoms with Crippen LogP contribution in [0.1, 0.15) is 13.8 Å². The van der Waals surface area contributed by atoms with Crippen molar-refractivity contribution in [2.75, 3.05) is 0 Å². The van der Waals surface area contributed by atoms with Gasteiger partial charge in [-0.3, -0.25) is 0 Å². The predicted molar refractivity (Wildman–Crippen MR) is 64.8 cm³/mol. The van der Waals surface area contributed by atoms with Gasteiger partial charge in [0.05, 0.1) is 4.48 Å². The van der Waals surface area contributed by atoms with Crippen LogP contribution in [-0.2, 0) is 0 Å². The van der Waals surface area contributed by atoms with E-state index in [1.54, 1.807) is 14.8 Å². The molecule has 0 rings (SSSR count). The van der Waals surface area contributed by atoms with Gasteiger partial charge in [0, 0.05) is 0 Å². The Balaban J connectivity index is 5.12. The first-order valence-corrected chi connectivity index (χ1v) is 5.07. The van der Waals surface area contributed by atoms with Crippen molar-refractivity contribution in [2.24, 2.45) is 0 Å². The van der Waals surface area contributed by atoms with E-state index in [4.69, 9.17) is 5.11 Å². The molecule has 6 heteroatoms. The molecule has 0 saturated heterocycles. The Morgan fingerprint density at radius 1 is 1.20 bits per heavy atom. The zero-order valence-corrected chi connectivity index (χ0v) is 10.4. The van der Waals surface area contributed by atoms with E-state index < -0.39 is 23.4 Å². The van der Waals surface area contributed by atoms with Gasteiger partial charge in [0.2, 0.25) is 0 Å². The van der Waals surface area contributed by atoms with Gasteiger partial charge in [-0.1, -0.05) is 13.0 Å². The Hall–Kier alpha value is -0.875. The molecule has 0 spiro atoms. The van der Waals surface area contributed by atoms with Crippen molar-refractivity contribution in [2.45, 2.75) is 20.0 Å². The third kappa shape index (κ3) is 4.44. The van der Waals surface area contributed by atoms with E-state index in [1.807, 2.05) is 0 Å². The van der Waals surface area contributed by atoms with Crippen LogP contribution in [0, 0.1) is 0 Å². The lowest BCUT2D eigenvalue weighted by molar-refractivity contribution is 0.247. The Labute approximate surface area is 97.8 Å². The van der Waals surface area contributed by atoms with Crippen molar-refractivity contribution in [1.29, 1.82) is 0 Å². The van der Waals surface area contributed by atoms with Gasteiger partial charge in [-0.25, -0.2) is 0 Å². The first-order valence-electron chi connectivity index (χ1n) is 4.28. The van der Waals surface area contributed by atoms with E-state index in [-0.39, 0.29) is 4.48 Å². The molecule has 0 saturated carbocycles. The summed E-state index contributed by atoms with van der Waals surface area (Å²) in [6, 6.07) is 0. The van der Waals surface area contributed by atoms with E-state index in [2.05, 4.69) is 15.9 Å². The highest BCUT2D eigenvalue weighted by atomic mass is 79.9. The molecule has 0 fully saturated rings. The van der Waals surface area contributed by atoms with Crippen LogP contribution in [0.5, 0.6) is 0 Å². The van der Waals surface area contributed by atoms with Crippen LogP contribution in [0.3, 0.4) is 0 Å². The molecule has 4 N–H and O–H groups in total. The predicted octanol–water partition coefficient (Wildman–Crippen LogP) is 1.40. The molecule has 0 aromatic carbocycles. The van der Waals surface area contributed by atoms with Crippen LogP contribution in [0.25, 0.3) is 0 Å². The van der Waals surface area contributed by atoms with Crippen molar-refractivity contribution in [3.8, 4) is 0 Å². The molecule has 0 aliphatic heterocycles. The van der Waals surface area contributed by atoms with Crippen LogP contribution in [0.2, 0.25) is 0 Å². The van der Waals surface area contributed by atoms with Crippen molar-refractivity contribution < 1.29 is 20.4 Å². The SMILES string of the molecule is B/C(C)=C/C(O)/C(Br)=C(O)\C(O)=C(/C)O. The van der Waals surface area contributed by atoms with E-state index in [9.17, 15) is 15.3 Å². The fourth-order valence-corrected chi connectivity index (χ4v) is 1.13. The first-order chi connectivity index (χ1) is 6.77. The maximum atomic E-state index is 9.53. The largest absolute Gasteiger partial charge is 0.509 e. The number of aliphatic hydroxyl groups excluding tert-OH is 4. The lowest BCUT2D eigenvalue weighted by Gasteiger charge is -2.09. The van der Waals surface area contributed by atoms with E-state index in [1.165, 1.54) is 13.0 Å². The summed E-state index contributed by atoms with van der Waals surface area (Å²) < 4.78 is -0.00500. The van der Waals surface area contributed by atoms with Gasteiger partial charge in [0.1, 0.15) is 19.7 Å². The molecule has 0 aromatic heterocycles. The summed E-state index contributed by atoms with van der Waals surface area (Å²) in [5.41, 5.74) is 0.858. The maximum Gasteiger partial charge on any atom is 0.196 e. The molecule has 0 aliphatic rings. The number of halogens is 1. The van der Waals surface area contributed by atoms with Gasteiger partial charge in [-0.15, -0.1) is 5.47 Å². The number of aliphatic hydroxyl groups is 4. The standard InChI is InChI=1S/C9H14BBrO4/c1-4(10)3-6(13)7(11)9(15)8(14)5(2)12/h3,6,12-15H,10H2,1-2H3/b4-3+,8-5-,9-7-. The lowest BCUT2D eigenvalue weighted by Crippen LogP contribution is -2.07. The molecular formula is C9H14BBrO4. The highest BCUT2D eigenvalue weighted by molar-refractivity contribution is 9.11. The second-order valence-corrected chi connectivity index (χ2v) is 4.17. The third-order valence-electron chi connectivity index (χ3n) is 1.54. The van der Waals surface area contributed by atoms with Crippen LogP contribution in [-0.4, -0.2) is 34.4 Å². The molecule has 0 radical (unpaired) electrons. The van der Waals surface area contributed by atoms with E-state index in [0.717, 1.165) is 5.47 Å². The fraction of sp³-hybridized carbons (Fsp3) is 0.333. The van der Waals surface area contributed by atoms with Gasteiger partial charge in [-0.05, 0) is 22.9 Å². The lowest BCUT2D eigenvalue weighted by atomic mass is 9.96. The summed E-state index contributed by atoms with van der Waals surface area (Å²) in [5.74, 6) is -1.67. The van der Waals surface area contributed by atoms with Gasteiger partial charge >= 0.3 is 0 Å². The number of allylic oxidation sites excluding steroid dienone is 2. The molecule has 4 nitrogen and oxygen atoms in total. The Morgan fingerprint density at radius 2 is 1.67 bits per heavy atom. The summed E-state index contributed by atoms with van der Waals surface area (Å²) in [6.45, 7) is 3.01. The van der Waals surface area contributed by atoms with Crippen LogP contribution in [0.4, 0.5) is 0 Å². The van der Waals surface area contributed by atoms with E-state index in [0.29, 0.717) is 0 Å². The molecule has 0 bridgehead atoms. The highest BCUT2D eigenvalue weighted by Gasteiger charge is 2.15. The summed E-state index contributed by atoms with van der Waals surface area (Å²) >= 11 is 2.94. The normalized spacial score (nSPS) is 18.0. The molecule has 15 heavy (non-hydrogen) atoms. The fourth-order valence-electron chi connectivity index (χ4n) is 0.813. The second kappa shape index (κ2) is 5.87. The molecule has 0 amide bonds. The van der Waals surface area contributed by atoms with E-state index >= 15 is 0 Å². The monoisotopic (exact) mass is 276 g/mol. The molecular weight excluding hydrogens is 263 g/mol. The third-order valence-corrected chi connectivity index (χ3v) is 2.39. The number of hydrogen-bond acceptors (Lipinski definition) is 4. The molecule has 0 aliphatic carbocycles. The zero-order valence-electron chi connectivity index (χ0n) is 8.82. The Kier molecular flexibility index (Phi) is 5.53. The average molecular weight is 277 g/mol. The Morgan fingerprint density at radius 3 is 2.00 bits per heavy atom. The topological polar surface area (TPSA) is 80.9 Å². The number of rotatable bonds is 3. The minimum atomic E-state index is -1.06. The quantitative estimate of drug-likeness (QED) is 0.357. The molecule has 0 aromatic rings. The molecule has 1 unspecified atom stereocenters. The van der Waals surface area contributed by atoms with Crippen LogP contribution >= 0.6 is 15.9 Å². The van der Waals surface area contributed by atoms with Crippen molar-refractivity contribution in [3.63, 3.8) is 0 Å². The smallest absolute Gasteiger partial charge is 0.196 e. The summed E-state index contributed by atoms with van der Waals surface area (Å²) in [6.07, 6.45) is 0.428. The van der Waals surface area contributed by atoms with Crippen molar-refractivity contribution in [3.05, 3.63) is 33.3 Å². The zero-order chi connectivity index (χ0) is 12.2. The van der Waals surface area contributed by atoms with Crippen LogP contribution in [0.15, 0.2) is 33.3 Å². The average Bonchev–Trinajstić information content (AvgIpc) is 2.13. The summed E-state index contributed by atoms with van der Waals surface area (Å²) in [5, 5.41) is 37.1. The van der Waals surface area contributed by atoms with Crippen molar-refractivity contribution >= 4 is 23.8 Å². The van der Waals surface area contributed by atoms with Gasteiger partial charge in [-0.2, -0.15) is 0 Å². The minimum absolute atomic E-state index is 0.00500.